The molecule has 3 rings (SSSR count). The number of nitrogens with zero attached hydrogens (tertiary/aromatic N) is 2. The summed E-state index contributed by atoms with van der Waals surface area (Å²) in [4.78, 5) is 1.34. The van der Waals surface area contributed by atoms with Crippen LogP contribution in [0, 0.1) is 0 Å². The zero-order valence-electron chi connectivity index (χ0n) is 10.0. The fraction of sp³-hybridized carbons (Fsp3) is 0.462. The number of piperidine rings is 1. The van der Waals surface area contributed by atoms with Crippen molar-refractivity contribution in [1.29, 1.82) is 0 Å². The predicted octanol–water partition coefficient (Wildman–Crippen LogP) is 2.62. The normalized spacial score (nSPS) is 17.5. The van der Waals surface area contributed by atoms with E-state index in [4.69, 9.17) is 0 Å². The number of nitrogens with one attached hydrogen (secondary N) is 1. The topological polar surface area (TPSA) is 29.9 Å². The molecule has 90 valence electrons. The van der Waals surface area contributed by atoms with Crippen LogP contribution in [0.3, 0.4) is 0 Å². The number of hydrogen-bond acceptors (Lipinski definition) is 3. The highest BCUT2D eigenvalue weighted by atomic mass is 32.1. The van der Waals surface area contributed by atoms with Gasteiger partial charge in [-0.05, 0) is 37.4 Å². The fourth-order valence-corrected chi connectivity index (χ4v) is 3.27. The highest BCUT2D eigenvalue weighted by Gasteiger charge is 2.22. The molecule has 2 aromatic heterocycles. The lowest BCUT2D eigenvalue weighted by Crippen LogP contribution is -2.27. The molecule has 3 nitrogen and oxygen atoms in total. The van der Waals surface area contributed by atoms with Gasteiger partial charge in [-0.3, -0.25) is 4.68 Å². The molecule has 0 aromatic carbocycles. The summed E-state index contributed by atoms with van der Waals surface area (Å²) in [6, 6.07) is 4.30. The van der Waals surface area contributed by atoms with Gasteiger partial charge in [0, 0.05) is 29.6 Å². The van der Waals surface area contributed by atoms with Crippen molar-refractivity contribution in [3.05, 3.63) is 29.4 Å². The van der Waals surface area contributed by atoms with E-state index in [1.165, 1.54) is 29.0 Å². The second-order valence-corrected chi connectivity index (χ2v) is 5.55. The maximum absolute atomic E-state index is 4.69. The van der Waals surface area contributed by atoms with E-state index in [-0.39, 0.29) is 0 Å². The van der Waals surface area contributed by atoms with Crippen molar-refractivity contribution in [2.45, 2.75) is 18.8 Å². The van der Waals surface area contributed by atoms with Gasteiger partial charge in [0.15, 0.2) is 0 Å². The predicted molar refractivity (Wildman–Crippen MR) is 71.4 cm³/mol. The molecule has 1 aliphatic rings. The second kappa shape index (κ2) is 4.63. The molecule has 0 spiro atoms. The van der Waals surface area contributed by atoms with E-state index < -0.39 is 0 Å². The van der Waals surface area contributed by atoms with Crippen molar-refractivity contribution in [2.24, 2.45) is 7.05 Å². The maximum atomic E-state index is 4.69. The van der Waals surface area contributed by atoms with Gasteiger partial charge < -0.3 is 5.32 Å². The fourth-order valence-electron chi connectivity index (χ4n) is 2.52. The van der Waals surface area contributed by atoms with Crippen LogP contribution in [0.1, 0.15) is 24.5 Å². The third kappa shape index (κ3) is 2.15. The number of aromatic nitrogens is 2. The zero-order chi connectivity index (χ0) is 11.7. The highest BCUT2D eigenvalue weighted by molar-refractivity contribution is 7.13. The highest BCUT2D eigenvalue weighted by Crippen LogP contribution is 2.34. The Morgan fingerprint density at radius 1 is 1.41 bits per heavy atom. The number of hydrogen-bond donors (Lipinski definition) is 1. The van der Waals surface area contributed by atoms with Crippen LogP contribution in [-0.4, -0.2) is 22.9 Å². The Morgan fingerprint density at radius 3 is 2.94 bits per heavy atom. The standard InChI is InChI=1S/C13H17N3S/c1-16-9-11(12-3-2-8-17-12)13(15-16)10-4-6-14-7-5-10/h2-3,8-10,14H,4-7H2,1H3. The first kappa shape index (κ1) is 11.0. The molecule has 0 saturated carbocycles. The molecule has 1 fully saturated rings. The molecule has 2 aromatic rings. The summed E-state index contributed by atoms with van der Waals surface area (Å²) in [6.45, 7) is 2.23. The van der Waals surface area contributed by atoms with E-state index in [2.05, 4.69) is 34.1 Å². The van der Waals surface area contributed by atoms with Crippen molar-refractivity contribution in [3.63, 3.8) is 0 Å². The largest absolute Gasteiger partial charge is 0.317 e. The molecular formula is C13H17N3S. The molecule has 1 saturated heterocycles. The van der Waals surface area contributed by atoms with Gasteiger partial charge in [0.25, 0.3) is 0 Å². The van der Waals surface area contributed by atoms with Crippen molar-refractivity contribution in [3.8, 4) is 10.4 Å². The van der Waals surface area contributed by atoms with Crippen molar-refractivity contribution < 1.29 is 0 Å². The molecule has 1 N–H and O–H groups in total. The third-order valence-electron chi connectivity index (χ3n) is 3.37. The molecule has 4 heteroatoms. The van der Waals surface area contributed by atoms with Crippen LogP contribution in [0.4, 0.5) is 0 Å². The van der Waals surface area contributed by atoms with Gasteiger partial charge in [0.1, 0.15) is 0 Å². The first-order valence-corrected chi connectivity index (χ1v) is 7.00. The quantitative estimate of drug-likeness (QED) is 0.884. The lowest BCUT2D eigenvalue weighted by Gasteiger charge is -2.21. The van der Waals surface area contributed by atoms with E-state index in [1.807, 2.05) is 11.7 Å². The van der Waals surface area contributed by atoms with Crippen LogP contribution in [-0.2, 0) is 7.05 Å². The Bertz CT molecular complexity index is 481. The van der Waals surface area contributed by atoms with Crippen LogP contribution in [0.25, 0.3) is 10.4 Å². The lowest BCUT2D eigenvalue weighted by atomic mass is 9.92. The molecule has 0 aliphatic carbocycles. The number of aryl methyl sites for hydroxylation is 1. The van der Waals surface area contributed by atoms with Gasteiger partial charge in [0.05, 0.1) is 5.69 Å². The van der Waals surface area contributed by atoms with Crippen LogP contribution in [0.2, 0.25) is 0 Å². The first-order chi connectivity index (χ1) is 8.34. The van der Waals surface area contributed by atoms with Crippen molar-refractivity contribution >= 4 is 11.3 Å². The summed E-state index contributed by atoms with van der Waals surface area (Å²) in [5.41, 5.74) is 2.62. The van der Waals surface area contributed by atoms with Gasteiger partial charge >= 0.3 is 0 Å². The SMILES string of the molecule is Cn1cc(-c2cccs2)c(C2CCNCC2)n1. The van der Waals surface area contributed by atoms with E-state index in [0.29, 0.717) is 5.92 Å². The minimum atomic E-state index is 0.620. The number of thiophene rings is 1. The van der Waals surface area contributed by atoms with E-state index in [9.17, 15) is 0 Å². The maximum Gasteiger partial charge on any atom is 0.0742 e. The van der Waals surface area contributed by atoms with Gasteiger partial charge in [0.2, 0.25) is 0 Å². The lowest BCUT2D eigenvalue weighted by molar-refractivity contribution is 0.450. The van der Waals surface area contributed by atoms with E-state index in [1.54, 1.807) is 11.3 Å². The molecule has 0 radical (unpaired) electrons. The summed E-state index contributed by atoms with van der Waals surface area (Å²) in [5.74, 6) is 0.620. The van der Waals surface area contributed by atoms with Crippen molar-refractivity contribution in [2.75, 3.05) is 13.1 Å². The van der Waals surface area contributed by atoms with Crippen LogP contribution in [0.15, 0.2) is 23.7 Å². The molecule has 0 bridgehead atoms. The van der Waals surface area contributed by atoms with Crippen molar-refractivity contribution in [1.82, 2.24) is 15.1 Å². The second-order valence-electron chi connectivity index (χ2n) is 4.60. The van der Waals surface area contributed by atoms with E-state index >= 15 is 0 Å². The molecule has 0 atom stereocenters. The molecule has 3 heterocycles. The monoisotopic (exact) mass is 247 g/mol. The molecule has 17 heavy (non-hydrogen) atoms. The summed E-state index contributed by atoms with van der Waals surface area (Å²) >= 11 is 1.80. The minimum Gasteiger partial charge on any atom is -0.317 e. The summed E-state index contributed by atoms with van der Waals surface area (Å²) in [6.07, 6.45) is 4.56. The van der Waals surface area contributed by atoms with Crippen LogP contribution in [0.5, 0.6) is 0 Å². The molecule has 1 aliphatic heterocycles. The molecule has 0 amide bonds. The van der Waals surface area contributed by atoms with E-state index in [0.717, 1.165) is 13.1 Å². The van der Waals surface area contributed by atoms with Crippen LogP contribution < -0.4 is 5.32 Å². The Labute approximate surface area is 105 Å². The molecular weight excluding hydrogens is 230 g/mol. The average Bonchev–Trinajstić information content (AvgIpc) is 2.98. The summed E-state index contributed by atoms with van der Waals surface area (Å²) < 4.78 is 1.95. The summed E-state index contributed by atoms with van der Waals surface area (Å²) in [5, 5.41) is 10.2. The first-order valence-electron chi connectivity index (χ1n) is 6.13. The van der Waals surface area contributed by atoms with Gasteiger partial charge in [-0.15, -0.1) is 11.3 Å². The Morgan fingerprint density at radius 2 is 2.24 bits per heavy atom. The van der Waals surface area contributed by atoms with Crippen LogP contribution >= 0.6 is 11.3 Å². The molecule has 0 unspecified atom stereocenters. The van der Waals surface area contributed by atoms with Gasteiger partial charge in [-0.1, -0.05) is 6.07 Å². The minimum absolute atomic E-state index is 0.620. The Balaban J connectivity index is 1.98. The smallest absolute Gasteiger partial charge is 0.0742 e. The average molecular weight is 247 g/mol. The zero-order valence-corrected chi connectivity index (χ0v) is 10.8. The Hall–Kier alpha value is -1.13. The van der Waals surface area contributed by atoms with Gasteiger partial charge in [-0.2, -0.15) is 5.10 Å². The third-order valence-corrected chi connectivity index (χ3v) is 4.27. The summed E-state index contributed by atoms with van der Waals surface area (Å²) in [7, 11) is 2.02. The van der Waals surface area contributed by atoms with Gasteiger partial charge in [-0.25, -0.2) is 0 Å². The number of rotatable bonds is 2. The Kier molecular flexibility index (Phi) is 2.99.